The lowest BCUT2D eigenvalue weighted by atomic mass is 10.2. The van der Waals surface area contributed by atoms with Crippen molar-refractivity contribution in [2.45, 2.75) is 26.2 Å². The molecule has 1 amide bonds. The third kappa shape index (κ3) is 3.76. The quantitative estimate of drug-likeness (QED) is 0.751. The zero-order valence-electron chi connectivity index (χ0n) is 8.86. The Morgan fingerprint density at radius 3 is 2.73 bits per heavy atom. The maximum atomic E-state index is 11.7. The van der Waals surface area contributed by atoms with Gasteiger partial charge in [0.15, 0.2) is 0 Å². The molecule has 1 aromatic rings. The van der Waals surface area contributed by atoms with Crippen LogP contribution < -0.4 is 0 Å². The van der Waals surface area contributed by atoms with Gasteiger partial charge in [0.25, 0.3) is 5.91 Å². The van der Waals surface area contributed by atoms with Gasteiger partial charge in [-0.1, -0.05) is 31.1 Å². The second-order valence-electron chi connectivity index (χ2n) is 3.29. The Morgan fingerprint density at radius 2 is 2.20 bits per heavy atom. The van der Waals surface area contributed by atoms with Gasteiger partial charge in [-0.3, -0.25) is 4.79 Å². The minimum Gasteiger partial charge on any atom is -0.340 e. The number of unbranched alkanes of at least 4 members (excludes halogenated alkanes) is 2. The average Bonchev–Trinajstić information content (AvgIpc) is 2.64. The summed E-state index contributed by atoms with van der Waals surface area (Å²) in [6, 6.07) is 0. The maximum Gasteiger partial charge on any atom is 0.284 e. The van der Waals surface area contributed by atoms with Crippen LogP contribution in [0.25, 0.3) is 0 Å². The largest absolute Gasteiger partial charge is 0.340 e. The van der Waals surface area contributed by atoms with Crippen LogP contribution in [-0.2, 0) is 0 Å². The Labute approximate surface area is 98.3 Å². The second kappa shape index (κ2) is 6.02. The maximum absolute atomic E-state index is 11.7. The van der Waals surface area contributed by atoms with E-state index in [0.29, 0.717) is 9.47 Å². The van der Waals surface area contributed by atoms with Crippen LogP contribution in [0, 0.1) is 0 Å². The molecular weight excluding hydrogens is 234 g/mol. The number of hydrogen-bond donors (Lipinski definition) is 0. The van der Waals surface area contributed by atoms with Crippen LogP contribution in [0.4, 0.5) is 0 Å². The van der Waals surface area contributed by atoms with Gasteiger partial charge >= 0.3 is 0 Å². The van der Waals surface area contributed by atoms with Crippen molar-refractivity contribution < 1.29 is 4.79 Å². The van der Waals surface area contributed by atoms with Gasteiger partial charge in [0, 0.05) is 13.6 Å². The summed E-state index contributed by atoms with van der Waals surface area (Å²) in [5.74, 6) is -0.101. The number of carbonyl (C=O) groups is 1. The summed E-state index contributed by atoms with van der Waals surface area (Å²) in [5.41, 5.74) is 0. The molecule has 1 heterocycles. The third-order valence-electron chi connectivity index (χ3n) is 2.03. The number of hydrogen-bond acceptors (Lipinski definition) is 4. The van der Waals surface area contributed by atoms with Crippen LogP contribution in [-0.4, -0.2) is 34.6 Å². The normalized spacial score (nSPS) is 10.3. The first-order chi connectivity index (χ1) is 7.15. The molecule has 0 atom stereocenters. The Hall–Kier alpha value is -0.680. The van der Waals surface area contributed by atoms with Crippen molar-refractivity contribution in [3.8, 4) is 0 Å². The summed E-state index contributed by atoms with van der Waals surface area (Å²) in [6.07, 6.45) is 3.30. The minimum absolute atomic E-state index is 0.101. The molecule has 0 N–H and O–H groups in total. The van der Waals surface area contributed by atoms with Crippen LogP contribution in [0.2, 0.25) is 4.47 Å². The number of carbonyl (C=O) groups excluding carboxylic acids is 1. The van der Waals surface area contributed by atoms with Gasteiger partial charge in [-0.2, -0.15) is 0 Å². The molecule has 0 saturated heterocycles. The molecule has 6 heteroatoms. The molecule has 0 saturated carbocycles. The molecular formula is C9H14ClN3OS. The van der Waals surface area contributed by atoms with Crippen molar-refractivity contribution in [1.82, 2.24) is 15.1 Å². The fourth-order valence-corrected chi connectivity index (χ4v) is 1.98. The van der Waals surface area contributed by atoms with E-state index in [-0.39, 0.29) is 5.91 Å². The van der Waals surface area contributed by atoms with Crippen LogP contribution in [0.1, 0.15) is 36.0 Å². The summed E-state index contributed by atoms with van der Waals surface area (Å²) in [4.78, 5) is 13.4. The van der Waals surface area contributed by atoms with Crippen molar-refractivity contribution in [3.05, 3.63) is 9.47 Å². The Kier molecular flexibility index (Phi) is 4.98. The molecule has 15 heavy (non-hydrogen) atoms. The molecule has 0 bridgehead atoms. The Morgan fingerprint density at radius 1 is 1.47 bits per heavy atom. The molecule has 1 aromatic heterocycles. The lowest BCUT2D eigenvalue weighted by Crippen LogP contribution is -2.27. The highest BCUT2D eigenvalue weighted by molar-refractivity contribution is 7.17. The first kappa shape index (κ1) is 12.4. The first-order valence-electron chi connectivity index (χ1n) is 4.89. The van der Waals surface area contributed by atoms with Crippen LogP contribution in [0.3, 0.4) is 0 Å². The minimum atomic E-state index is -0.101. The molecule has 0 spiro atoms. The van der Waals surface area contributed by atoms with Crippen LogP contribution in [0.5, 0.6) is 0 Å². The number of aromatic nitrogens is 2. The highest BCUT2D eigenvalue weighted by atomic mass is 35.5. The van der Waals surface area contributed by atoms with Gasteiger partial charge in [-0.15, -0.1) is 10.2 Å². The Bertz CT molecular complexity index is 329. The van der Waals surface area contributed by atoms with E-state index in [4.69, 9.17) is 11.6 Å². The van der Waals surface area contributed by atoms with Gasteiger partial charge in [0.1, 0.15) is 0 Å². The van der Waals surface area contributed by atoms with E-state index in [1.165, 1.54) is 0 Å². The monoisotopic (exact) mass is 247 g/mol. The van der Waals surface area contributed by atoms with Crippen molar-refractivity contribution in [1.29, 1.82) is 0 Å². The van der Waals surface area contributed by atoms with E-state index in [0.717, 1.165) is 37.1 Å². The van der Waals surface area contributed by atoms with Crippen LogP contribution in [0.15, 0.2) is 0 Å². The van der Waals surface area contributed by atoms with E-state index < -0.39 is 0 Å². The van der Waals surface area contributed by atoms with Gasteiger partial charge in [-0.05, 0) is 18.0 Å². The Balaban J connectivity index is 2.46. The predicted octanol–water partition coefficient (Wildman–Crippen LogP) is 2.45. The summed E-state index contributed by atoms with van der Waals surface area (Å²) < 4.78 is 0.306. The smallest absolute Gasteiger partial charge is 0.284 e. The van der Waals surface area contributed by atoms with E-state index >= 15 is 0 Å². The summed E-state index contributed by atoms with van der Waals surface area (Å²) in [6.45, 7) is 2.89. The molecule has 4 nitrogen and oxygen atoms in total. The number of rotatable bonds is 5. The molecule has 0 radical (unpaired) electrons. The molecule has 84 valence electrons. The number of nitrogens with zero attached hydrogens (tertiary/aromatic N) is 3. The highest BCUT2D eigenvalue weighted by Gasteiger charge is 2.15. The number of halogens is 1. The van der Waals surface area contributed by atoms with Gasteiger partial charge in [0.05, 0.1) is 0 Å². The fraction of sp³-hybridized carbons (Fsp3) is 0.667. The highest BCUT2D eigenvalue weighted by Crippen LogP contribution is 2.16. The summed E-state index contributed by atoms with van der Waals surface area (Å²) >= 11 is 6.73. The molecule has 1 rings (SSSR count). The zero-order valence-corrected chi connectivity index (χ0v) is 10.4. The standard InChI is InChI=1S/C9H14ClN3OS/c1-3-4-5-6-13(2)8(14)7-11-12-9(10)15-7/h3-6H2,1-2H3. The first-order valence-corrected chi connectivity index (χ1v) is 6.09. The van der Waals surface area contributed by atoms with Crippen molar-refractivity contribution >= 4 is 28.8 Å². The summed E-state index contributed by atoms with van der Waals surface area (Å²) in [7, 11) is 1.77. The topological polar surface area (TPSA) is 46.1 Å². The van der Waals surface area contributed by atoms with E-state index in [2.05, 4.69) is 17.1 Å². The second-order valence-corrected chi connectivity index (χ2v) is 4.85. The summed E-state index contributed by atoms with van der Waals surface area (Å²) in [5, 5.41) is 7.67. The average molecular weight is 248 g/mol. The van der Waals surface area contributed by atoms with E-state index in [1.54, 1.807) is 11.9 Å². The van der Waals surface area contributed by atoms with E-state index in [1.807, 2.05) is 0 Å². The van der Waals surface area contributed by atoms with Crippen molar-refractivity contribution in [2.75, 3.05) is 13.6 Å². The SMILES string of the molecule is CCCCCN(C)C(=O)c1nnc(Cl)s1. The molecule has 0 unspecified atom stereocenters. The van der Waals surface area contributed by atoms with Gasteiger partial charge < -0.3 is 4.90 Å². The van der Waals surface area contributed by atoms with Gasteiger partial charge in [-0.25, -0.2) is 0 Å². The van der Waals surface area contributed by atoms with Gasteiger partial charge in [0.2, 0.25) is 9.47 Å². The predicted molar refractivity (Wildman–Crippen MR) is 61.4 cm³/mol. The molecule has 0 aliphatic carbocycles. The van der Waals surface area contributed by atoms with Crippen molar-refractivity contribution in [2.24, 2.45) is 0 Å². The zero-order chi connectivity index (χ0) is 11.3. The van der Waals surface area contributed by atoms with E-state index in [9.17, 15) is 4.79 Å². The molecule has 0 aliphatic heterocycles. The fourth-order valence-electron chi connectivity index (χ4n) is 1.16. The molecule has 0 aliphatic rings. The lowest BCUT2D eigenvalue weighted by molar-refractivity contribution is 0.0791. The van der Waals surface area contributed by atoms with Crippen molar-refractivity contribution in [3.63, 3.8) is 0 Å². The lowest BCUT2D eigenvalue weighted by Gasteiger charge is -2.14. The third-order valence-corrected chi connectivity index (χ3v) is 3.03. The number of amides is 1. The van der Waals surface area contributed by atoms with Crippen LogP contribution >= 0.6 is 22.9 Å². The molecule has 0 aromatic carbocycles. The molecule has 0 fully saturated rings.